The van der Waals surface area contributed by atoms with E-state index in [1.54, 1.807) is 0 Å². The van der Waals surface area contributed by atoms with E-state index in [4.69, 9.17) is 9.72 Å². The first-order valence-corrected chi connectivity index (χ1v) is 8.75. The summed E-state index contributed by atoms with van der Waals surface area (Å²) in [5.41, 5.74) is 1.81. The molecule has 1 saturated heterocycles. The predicted molar refractivity (Wildman–Crippen MR) is 91.9 cm³/mol. The molecule has 0 spiro atoms. The summed E-state index contributed by atoms with van der Waals surface area (Å²) in [4.78, 5) is 9.39. The predicted octanol–water partition coefficient (Wildman–Crippen LogP) is 2.97. The van der Waals surface area contributed by atoms with E-state index in [-0.39, 0.29) is 0 Å². The molecule has 2 aromatic rings. The van der Waals surface area contributed by atoms with Crippen LogP contribution in [0.5, 0.6) is 5.88 Å². The fourth-order valence-corrected chi connectivity index (χ4v) is 3.09. The molecule has 1 aromatic heterocycles. The fraction of sp³-hybridized carbons (Fsp3) is 0.556. The molecule has 4 rings (SSSR count). The maximum absolute atomic E-state index is 6.01. The highest BCUT2D eigenvalue weighted by Gasteiger charge is 2.24. The van der Waals surface area contributed by atoms with Gasteiger partial charge in [-0.05, 0) is 63.2 Å². The van der Waals surface area contributed by atoms with Crippen LogP contribution in [0.1, 0.15) is 32.1 Å². The number of rotatable bonds is 6. The maximum Gasteiger partial charge on any atom is 0.258 e. The molecule has 1 aliphatic carbocycles. The van der Waals surface area contributed by atoms with Crippen LogP contribution in [-0.2, 0) is 0 Å². The molecule has 1 aromatic carbocycles. The van der Waals surface area contributed by atoms with Crippen LogP contribution in [0.3, 0.4) is 0 Å². The molecule has 1 aliphatic heterocycles. The Morgan fingerprint density at radius 3 is 2.70 bits per heavy atom. The van der Waals surface area contributed by atoms with Gasteiger partial charge in [0.15, 0.2) is 5.82 Å². The number of piperidine rings is 1. The SMILES string of the molecule is c1ccc2nc(OCC[C@H]3CCCNC3)c(NC3CC3)nc2c1. The zero-order valence-corrected chi connectivity index (χ0v) is 13.4. The number of aromatic nitrogens is 2. The van der Waals surface area contributed by atoms with Gasteiger partial charge in [-0.1, -0.05) is 12.1 Å². The highest BCUT2D eigenvalue weighted by Crippen LogP contribution is 2.30. The summed E-state index contributed by atoms with van der Waals surface area (Å²) in [5.74, 6) is 2.17. The van der Waals surface area contributed by atoms with Crippen molar-refractivity contribution in [2.75, 3.05) is 25.0 Å². The number of para-hydroxylation sites is 2. The average molecular weight is 312 g/mol. The van der Waals surface area contributed by atoms with E-state index in [1.807, 2.05) is 24.3 Å². The summed E-state index contributed by atoms with van der Waals surface area (Å²) in [6.45, 7) is 2.97. The summed E-state index contributed by atoms with van der Waals surface area (Å²) in [6.07, 6.45) is 6.07. The molecule has 2 heterocycles. The number of fused-ring (bicyclic) bond motifs is 1. The molecular weight excluding hydrogens is 288 g/mol. The van der Waals surface area contributed by atoms with Crippen molar-refractivity contribution in [3.05, 3.63) is 24.3 Å². The molecule has 5 nitrogen and oxygen atoms in total. The first kappa shape index (κ1) is 14.7. The second-order valence-electron chi connectivity index (χ2n) is 6.63. The number of benzene rings is 1. The number of ether oxygens (including phenoxy) is 1. The van der Waals surface area contributed by atoms with Crippen molar-refractivity contribution in [3.63, 3.8) is 0 Å². The molecule has 122 valence electrons. The standard InChI is InChI=1S/C18H24N4O/c1-2-6-16-15(5-1)21-17(20-14-7-8-14)18(22-16)23-11-9-13-4-3-10-19-12-13/h1-2,5-6,13-14,19H,3-4,7-12H2,(H,20,21)/t13-/m1/s1. The number of hydrogen-bond donors (Lipinski definition) is 2. The minimum absolute atomic E-state index is 0.537. The van der Waals surface area contributed by atoms with Crippen LogP contribution >= 0.6 is 0 Å². The third-order valence-electron chi connectivity index (χ3n) is 4.62. The Bertz CT molecular complexity index is 665. The minimum atomic E-state index is 0.537. The summed E-state index contributed by atoms with van der Waals surface area (Å²) in [7, 11) is 0. The van der Waals surface area contributed by atoms with Crippen LogP contribution < -0.4 is 15.4 Å². The van der Waals surface area contributed by atoms with Gasteiger partial charge in [0, 0.05) is 6.04 Å². The van der Waals surface area contributed by atoms with Gasteiger partial charge >= 0.3 is 0 Å². The summed E-state index contributed by atoms with van der Waals surface area (Å²) >= 11 is 0. The number of hydrogen-bond acceptors (Lipinski definition) is 5. The van der Waals surface area contributed by atoms with E-state index in [0.717, 1.165) is 42.3 Å². The number of nitrogens with one attached hydrogen (secondary N) is 2. The third kappa shape index (κ3) is 3.72. The van der Waals surface area contributed by atoms with E-state index in [9.17, 15) is 0 Å². The summed E-state index contributed by atoms with van der Waals surface area (Å²) in [6, 6.07) is 8.51. The van der Waals surface area contributed by atoms with Crippen LogP contribution in [0.2, 0.25) is 0 Å². The van der Waals surface area contributed by atoms with E-state index in [1.165, 1.54) is 25.7 Å². The summed E-state index contributed by atoms with van der Waals surface area (Å²) < 4.78 is 6.01. The maximum atomic E-state index is 6.01. The van der Waals surface area contributed by atoms with Crippen molar-refractivity contribution >= 4 is 16.9 Å². The Morgan fingerprint density at radius 1 is 1.13 bits per heavy atom. The first-order chi connectivity index (χ1) is 11.4. The Balaban J connectivity index is 1.47. The lowest BCUT2D eigenvalue weighted by atomic mass is 9.97. The van der Waals surface area contributed by atoms with Gasteiger partial charge in [0.05, 0.1) is 17.6 Å². The van der Waals surface area contributed by atoms with Gasteiger partial charge in [-0.15, -0.1) is 0 Å². The zero-order valence-electron chi connectivity index (χ0n) is 13.4. The lowest BCUT2D eigenvalue weighted by molar-refractivity contribution is 0.248. The minimum Gasteiger partial charge on any atom is -0.475 e. The lowest BCUT2D eigenvalue weighted by Crippen LogP contribution is -2.30. The molecule has 1 saturated carbocycles. The molecular formula is C18H24N4O. The van der Waals surface area contributed by atoms with Gasteiger partial charge in [-0.3, -0.25) is 0 Å². The van der Waals surface area contributed by atoms with E-state index in [0.29, 0.717) is 18.5 Å². The largest absolute Gasteiger partial charge is 0.475 e. The third-order valence-corrected chi connectivity index (χ3v) is 4.62. The Kier molecular flexibility index (Phi) is 4.28. The van der Waals surface area contributed by atoms with Gasteiger partial charge in [0.1, 0.15) is 0 Å². The monoisotopic (exact) mass is 312 g/mol. The fourth-order valence-electron chi connectivity index (χ4n) is 3.09. The normalized spacial score (nSPS) is 21.3. The quantitative estimate of drug-likeness (QED) is 0.859. The molecule has 0 unspecified atom stereocenters. The Labute approximate surface area is 136 Å². The molecule has 2 fully saturated rings. The molecule has 0 bridgehead atoms. The van der Waals surface area contributed by atoms with Crippen LogP contribution in [0.15, 0.2) is 24.3 Å². The van der Waals surface area contributed by atoms with Gasteiger partial charge in [0.25, 0.3) is 5.88 Å². The van der Waals surface area contributed by atoms with Gasteiger partial charge < -0.3 is 15.4 Å². The second-order valence-corrected chi connectivity index (χ2v) is 6.63. The van der Waals surface area contributed by atoms with Gasteiger partial charge in [0.2, 0.25) is 0 Å². The van der Waals surface area contributed by atoms with Crippen LogP contribution in [0.25, 0.3) is 11.0 Å². The van der Waals surface area contributed by atoms with Crippen molar-refractivity contribution in [2.45, 2.75) is 38.1 Å². The molecule has 1 atom stereocenters. The van der Waals surface area contributed by atoms with Crippen molar-refractivity contribution in [1.82, 2.24) is 15.3 Å². The van der Waals surface area contributed by atoms with E-state index >= 15 is 0 Å². The van der Waals surface area contributed by atoms with Crippen molar-refractivity contribution < 1.29 is 4.74 Å². The first-order valence-electron chi connectivity index (χ1n) is 8.75. The van der Waals surface area contributed by atoms with Gasteiger partial charge in [-0.2, -0.15) is 0 Å². The average Bonchev–Trinajstić information content (AvgIpc) is 3.40. The molecule has 2 aliphatic rings. The smallest absolute Gasteiger partial charge is 0.258 e. The molecule has 23 heavy (non-hydrogen) atoms. The van der Waals surface area contributed by atoms with Crippen molar-refractivity contribution in [3.8, 4) is 5.88 Å². The molecule has 2 N–H and O–H groups in total. The van der Waals surface area contributed by atoms with E-state index in [2.05, 4.69) is 15.6 Å². The van der Waals surface area contributed by atoms with Crippen LogP contribution in [0, 0.1) is 5.92 Å². The number of anilines is 1. The van der Waals surface area contributed by atoms with Crippen LogP contribution in [0.4, 0.5) is 5.82 Å². The zero-order chi connectivity index (χ0) is 15.5. The van der Waals surface area contributed by atoms with Crippen molar-refractivity contribution in [1.29, 1.82) is 0 Å². The molecule has 0 amide bonds. The number of nitrogens with zero attached hydrogens (tertiary/aromatic N) is 2. The molecule has 5 heteroatoms. The van der Waals surface area contributed by atoms with Crippen LogP contribution in [-0.4, -0.2) is 35.7 Å². The molecule has 0 radical (unpaired) electrons. The Hall–Kier alpha value is -1.88. The highest BCUT2D eigenvalue weighted by atomic mass is 16.5. The summed E-state index contributed by atoms with van der Waals surface area (Å²) in [5, 5.41) is 6.91. The highest BCUT2D eigenvalue weighted by molar-refractivity contribution is 5.77. The second kappa shape index (κ2) is 6.71. The van der Waals surface area contributed by atoms with E-state index < -0.39 is 0 Å². The topological polar surface area (TPSA) is 59.1 Å². The van der Waals surface area contributed by atoms with Gasteiger partial charge in [-0.25, -0.2) is 9.97 Å². The lowest BCUT2D eigenvalue weighted by Gasteiger charge is -2.22. The Morgan fingerprint density at radius 2 is 1.96 bits per heavy atom. The van der Waals surface area contributed by atoms with Crippen molar-refractivity contribution in [2.24, 2.45) is 5.92 Å².